The standard InChI is InChI=1S/C17H30N2O5/c1-8-10-13(18-16(22)24-17(3,4)5)12(9-2)15(21)19(6)11-14(20)23-7/h9,12-13H,2,8,10-11H2,1,3-7H3,(H,18,22)/t12-,13+/m0/s1. The molecule has 2 atom stereocenters. The van der Waals surface area contributed by atoms with Crippen LogP contribution in [0.5, 0.6) is 0 Å². The minimum Gasteiger partial charge on any atom is -0.468 e. The number of esters is 1. The van der Waals surface area contributed by atoms with E-state index in [1.807, 2.05) is 6.92 Å². The normalized spacial score (nSPS) is 13.4. The molecule has 2 amide bonds. The number of methoxy groups -OCH3 is 1. The minimum atomic E-state index is -0.660. The number of ether oxygens (including phenoxy) is 2. The van der Waals surface area contributed by atoms with Crippen molar-refractivity contribution in [3.63, 3.8) is 0 Å². The zero-order valence-corrected chi connectivity index (χ0v) is 15.5. The van der Waals surface area contributed by atoms with Crippen molar-refractivity contribution in [1.29, 1.82) is 0 Å². The number of rotatable bonds is 8. The van der Waals surface area contributed by atoms with Crippen LogP contribution < -0.4 is 5.32 Å². The number of hydrogen-bond acceptors (Lipinski definition) is 5. The second-order valence-corrected chi connectivity index (χ2v) is 6.57. The molecule has 0 heterocycles. The number of carbonyl (C=O) groups is 3. The summed E-state index contributed by atoms with van der Waals surface area (Å²) in [6.07, 6.45) is 2.23. The lowest BCUT2D eigenvalue weighted by molar-refractivity contribution is -0.147. The third-order valence-corrected chi connectivity index (χ3v) is 3.24. The lowest BCUT2D eigenvalue weighted by Crippen LogP contribution is -2.48. The molecule has 0 bridgehead atoms. The fraction of sp³-hybridized carbons (Fsp3) is 0.706. The van der Waals surface area contributed by atoms with Gasteiger partial charge in [0, 0.05) is 13.1 Å². The van der Waals surface area contributed by atoms with Gasteiger partial charge in [0.25, 0.3) is 0 Å². The van der Waals surface area contributed by atoms with Crippen LogP contribution in [0.1, 0.15) is 40.5 Å². The highest BCUT2D eigenvalue weighted by molar-refractivity contribution is 5.85. The third-order valence-electron chi connectivity index (χ3n) is 3.24. The summed E-state index contributed by atoms with van der Waals surface area (Å²) >= 11 is 0. The second kappa shape index (κ2) is 9.95. The molecule has 0 unspecified atom stereocenters. The molecule has 7 heteroatoms. The Morgan fingerprint density at radius 2 is 1.88 bits per heavy atom. The molecule has 0 aliphatic carbocycles. The molecule has 0 rings (SSSR count). The van der Waals surface area contributed by atoms with Crippen LogP contribution in [0.4, 0.5) is 4.79 Å². The van der Waals surface area contributed by atoms with Crippen LogP contribution in [-0.4, -0.2) is 55.2 Å². The maximum atomic E-state index is 12.6. The van der Waals surface area contributed by atoms with E-state index in [9.17, 15) is 14.4 Å². The SMILES string of the molecule is C=C[C@H](C(=O)N(C)CC(=O)OC)[C@@H](CCC)NC(=O)OC(C)(C)C. The molecule has 0 fully saturated rings. The Kier molecular flexibility index (Phi) is 9.10. The van der Waals surface area contributed by atoms with E-state index in [0.29, 0.717) is 6.42 Å². The number of alkyl carbamates (subject to hydrolysis) is 1. The van der Waals surface area contributed by atoms with Gasteiger partial charge in [-0.15, -0.1) is 6.58 Å². The highest BCUT2D eigenvalue weighted by atomic mass is 16.6. The van der Waals surface area contributed by atoms with Crippen molar-refractivity contribution in [3.8, 4) is 0 Å². The van der Waals surface area contributed by atoms with E-state index < -0.39 is 29.6 Å². The summed E-state index contributed by atoms with van der Waals surface area (Å²) in [6, 6.07) is -0.463. The summed E-state index contributed by atoms with van der Waals surface area (Å²) in [4.78, 5) is 37.2. The van der Waals surface area contributed by atoms with Crippen molar-refractivity contribution in [1.82, 2.24) is 10.2 Å². The summed E-state index contributed by atoms with van der Waals surface area (Å²) in [6.45, 7) is 10.8. The number of hydrogen-bond donors (Lipinski definition) is 1. The monoisotopic (exact) mass is 342 g/mol. The highest BCUT2D eigenvalue weighted by Crippen LogP contribution is 2.16. The van der Waals surface area contributed by atoms with Crippen LogP contribution in [0.2, 0.25) is 0 Å². The molecule has 0 saturated carbocycles. The van der Waals surface area contributed by atoms with Crippen molar-refractivity contribution in [3.05, 3.63) is 12.7 Å². The smallest absolute Gasteiger partial charge is 0.407 e. The third kappa shape index (κ3) is 7.99. The van der Waals surface area contributed by atoms with Crippen molar-refractivity contribution in [2.75, 3.05) is 20.7 Å². The number of nitrogens with zero attached hydrogens (tertiary/aromatic N) is 1. The van der Waals surface area contributed by atoms with Crippen molar-refractivity contribution < 1.29 is 23.9 Å². The van der Waals surface area contributed by atoms with E-state index in [-0.39, 0.29) is 12.5 Å². The number of likely N-dealkylation sites (N-methyl/N-ethyl adjacent to an activating group) is 1. The molecule has 0 radical (unpaired) electrons. The Bertz CT molecular complexity index is 456. The zero-order chi connectivity index (χ0) is 18.9. The van der Waals surface area contributed by atoms with Crippen molar-refractivity contribution >= 4 is 18.0 Å². The molecule has 0 aliphatic heterocycles. The van der Waals surface area contributed by atoms with E-state index >= 15 is 0 Å². The van der Waals surface area contributed by atoms with Crippen molar-refractivity contribution in [2.24, 2.45) is 5.92 Å². The zero-order valence-electron chi connectivity index (χ0n) is 15.5. The van der Waals surface area contributed by atoms with Gasteiger partial charge in [-0.05, 0) is 27.2 Å². The van der Waals surface area contributed by atoms with Crippen LogP contribution in [0, 0.1) is 5.92 Å². The second-order valence-electron chi connectivity index (χ2n) is 6.57. The summed E-state index contributed by atoms with van der Waals surface area (Å²) in [5.41, 5.74) is -0.629. The fourth-order valence-corrected chi connectivity index (χ4v) is 2.14. The van der Waals surface area contributed by atoms with Crippen molar-refractivity contribution in [2.45, 2.75) is 52.2 Å². The first-order valence-corrected chi connectivity index (χ1v) is 7.99. The topological polar surface area (TPSA) is 84.9 Å². The molecule has 0 spiro atoms. The Balaban J connectivity index is 5.08. The molecule has 0 aliphatic rings. The van der Waals surface area contributed by atoms with Gasteiger partial charge in [-0.3, -0.25) is 9.59 Å². The molecule has 138 valence electrons. The number of carbonyl (C=O) groups excluding carboxylic acids is 3. The van der Waals surface area contributed by atoms with Crippen LogP contribution >= 0.6 is 0 Å². The Labute approximate surface area is 144 Å². The van der Waals surface area contributed by atoms with Gasteiger partial charge in [0.1, 0.15) is 12.1 Å². The number of nitrogens with one attached hydrogen (secondary N) is 1. The van der Waals surface area contributed by atoms with Gasteiger partial charge in [-0.1, -0.05) is 19.4 Å². The average Bonchev–Trinajstić information content (AvgIpc) is 2.45. The van der Waals surface area contributed by atoms with E-state index in [1.165, 1.54) is 25.1 Å². The predicted molar refractivity (Wildman–Crippen MR) is 91.4 cm³/mol. The highest BCUT2D eigenvalue weighted by Gasteiger charge is 2.30. The molecular formula is C17H30N2O5. The first-order valence-electron chi connectivity index (χ1n) is 7.99. The van der Waals surface area contributed by atoms with Gasteiger partial charge >= 0.3 is 12.1 Å². The fourth-order valence-electron chi connectivity index (χ4n) is 2.14. The quantitative estimate of drug-likeness (QED) is 0.539. The van der Waals surface area contributed by atoms with Gasteiger partial charge in [-0.2, -0.15) is 0 Å². The molecule has 0 aromatic carbocycles. The minimum absolute atomic E-state index is 0.162. The van der Waals surface area contributed by atoms with Gasteiger partial charge in [0.2, 0.25) is 5.91 Å². The van der Waals surface area contributed by atoms with Crippen LogP contribution in [0.25, 0.3) is 0 Å². The van der Waals surface area contributed by atoms with Gasteiger partial charge in [0.05, 0.1) is 13.0 Å². The van der Waals surface area contributed by atoms with Crippen LogP contribution in [0.15, 0.2) is 12.7 Å². The molecule has 0 saturated heterocycles. The maximum Gasteiger partial charge on any atom is 0.407 e. The molecule has 7 nitrogen and oxygen atoms in total. The lowest BCUT2D eigenvalue weighted by Gasteiger charge is -2.29. The van der Waals surface area contributed by atoms with E-state index in [1.54, 1.807) is 20.8 Å². The largest absolute Gasteiger partial charge is 0.468 e. The van der Waals surface area contributed by atoms with Gasteiger partial charge in [0.15, 0.2) is 0 Å². The maximum absolute atomic E-state index is 12.6. The molecule has 24 heavy (non-hydrogen) atoms. The summed E-state index contributed by atoms with van der Waals surface area (Å²) in [7, 11) is 2.77. The van der Waals surface area contributed by atoms with Crippen LogP contribution in [0.3, 0.4) is 0 Å². The Hall–Kier alpha value is -2.05. The Morgan fingerprint density at radius 3 is 2.29 bits per heavy atom. The van der Waals surface area contributed by atoms with Gasteiger partial charge < -0.3 is 19.7 Å². The van der Waals surface area contributed by atoms with Gasteiger partial charge in [-0.25, -0.2) is 4.79 Å². The van der Waals surface area contributed by atoms with E-state index in [2.05, 4.69) is 16.6 Å². The average molecular weight is 342 g/mol. The lowest BCUT2D eigenvalue weighted by atomic mass is 9.94. The van der Waals surface area contributed by atoms with Crippen LogP contribution in [-0.2, 0) is 19.1 Å². The number of amides is 2. The summed E-state index contributed by atoms with van der Waals surface area (Å²) in [5, 5.41) is 2.73. The summed E-state index contributed by atoms with van der Waals surface area (Å²) in [5.74, 6) is -1.49. The molecule has 1 N–H and O–H groups in total. The Morgan fingerprint density at radius 1 is 1.29 bits per heavy atom. The summed E-state index contributed by atoms with van der Waals surface area (Å²) < 4.78 is 9.81. The first kappa shape index (κ1) is 21.9. The molecule has 0 aromatic rings. The molecule has 0 aromatic heterocycles. The molecular weight excluding hydrogens is 312 g/mol. The van der Waals surface area contributed by atoms with E-state index in [4.69, 9.17) is 4.74 Å². The predicted octanol–water partition coefficient (Wildman–Crippen LogP) is 2.11. The van der Waals surface area contributed by atoms with E-state index in [0.717, 1.165) is 6.42 Å². The first-order chi connectivity index (χ1) is 11.1.